The number of carbonyl (C=O) groups excluding carboxylic acids is 1. The first-order chi connectivity index (χ1) is 6.77. The molecular weight excluding hydrogens is 196 g/mol. The van der Waals surface area contributed by atoms with Crippen LogP contribution in [0.5, 0.6) is 0 Å². The van der Waals surface area contributed by atoms with E-state index in [1.165, 1.54) is 12.8 Å². The highest BCUT2D eigenvalue weighted by Crippen LogP contribution is 2.29. The number of nitrogens with two attached hydrogens (primary N) is 1. The molecule has 1 amide bonds. The molecule has 1 aliphatic rings. The zero-order valence-corrected chi connectivity index (χ0v) is 9.61. The minimum Gasteiger partial charge on any atom is -0.352 e. The first-order valence-electron chi connectivity index (χ1n) is 5.39. The average molecular weight is 216 g/mol. The van der Waals surface area contributed by atoms with Crippen LogP contribution in [0.25, 0.3) is 0 Å². The Balaban J connectivity index is 2.31. The SMILES string of the molecule is CCSC1CCCC1NC(=O)CCN. The molecule has 0 spiro atoms. The van der Waals surface area contributed by atoms with Gasteiger partial charge in [-0.15, -0.1) is 0 Å². The van der Waals surface area contributed by atoms with E-state index in [0.717, 1.165) is 12.2 Å². The van der Waals surface area contributed by atoms with E-state index in [4.69, 9.17) is 5.73 Å². The fourth-order valence-corrected chi connectivity index (χ4v) is 3.11. The highest BCUT2D eigenvalue weighted by molar-refractivity contribution is 7.99. The maximum absolute atomic E-state index is 11.3. The lowest BCUT2D eigenvalue weighted by Gasteiger charge is -2.19. The Morgan fingerprint density at radius 3 is 3.00 bits per heavy atom. The van der Waals surface area contributed by atoms with Crippen molar-refractivity contribution < 1.29 is 4.79 Å². The predicted molar refractivity (Wildman–Crippen MR) is 61.4 cm³/mol. The molecule has 2 unspecified atom stereocenters. The zero-order valence-electron chi connectivity index (χ0n) is 8.79. The molecule has 0 aromatic carbocycles. The van der Waals surface area contributed by atoms with Crippen LogP contribution in [0.15, 0.2) is 0 Å². The molecule has 0 aromatic rings. The van der Waals surface area contributed by atoms with Gasteiger partial charge in [-0.25, -0.2) is 0 Å². The summed E-state index contributed by atoms with van der Waals surface area (Å²) in [6, 6.07) is 0.388. The number of rotatable bonds is 5. The van der Waals surface area contributed by atoms with Crippen LogP contribution in [0.1, 0.15) is 32.6 Å². The van der Waals surface area contributed by atoms with Gasteiger partial charge >= 0.3 is 0 Å². The van der Waals surface area contributed by atoms with E-state index in [-0.39, 0.29) is 5.91 Å². The largest absolute Gasteiger partial charge is 0.352 e. The first kappa shape index (κ1) is 11.9. The third kappa shape index (κ3) is 3.50. The molecule has 1 rings (SSSR count). The van der Waals surface area contributed by atoms with Crippen molar-refractivity contribution in [2.75, 3.05) is 12.3 Å². The molecule has 0 aromatic heterocycles. The van der Waals surface area contributed by atoms with Crippen LogP contribution in [0.2, 0.25) is 0 Å². The van der Waals surface area contributed by atoms with Crippen molar-refractivity contribution in [3.63, 3.8) is 0 Å². The van der Waals surface area contributed by atoms with Gasteiger partial charge in [0.2, 0.25) is 5.91 Å². The van der Waals surface area contributed by atoms with Gasteiger partial charge in [-0.05, 0) is 18.6 Å². The second-order valence-corrected chi connectivity index (χ2v) is 5.15. The number of amides is 1. The van der Waals surface area contributed by atoms with Gasteiger partial charge in [-0.3, -0.25) is 4.79 Å². The summed E-state index contributed by atoms with van der Waals surface area (Å²) >= 11 is 1.96. The van der Waals surface area contributed by atoms with Gasteiger partial charge in [0.25, 0.3) is 0 Å². The fourth-order valence-electron chi connectivity index (χ4n) is 1.91. The Kier molecular flexibility index (Phi) is 5.33. The van der Waals surface area contributed by atoms with Crippen LogP contribution in [-0.4, -0.2) is 29.5 Å². The molecule has 14 heavy (non-hydrogen) atoms. The summed E-state index contributed by atoms with van der Waals surface area (Å²) in [5, 5.41) is 3.70. The van der Waals surface area contributed by atoms with Gasteiger partial charge in [-0.1, -0.05) is 13.3 Å². The van der Waals surface area contributed by atoms with E-state index >= 15 is 0 Å². The topological polar surface area (TPSA) is 55.1 Å². The molecule has 1 saturated carbocycles. The van der Waals surface area contributed by atoms with Crippen LogP contribution in [0.3, 0.4) is 0 Å². The van der Waals surface area contributed by atoms with E-state index in [0.29, 0.717) is 24.3 Å². The fraction of sp³-hybridized carbons (Fsp3) is 0.900. The second-order valence-electron chi connectivity index (χ2n) is 3.64. The van der Waals surface area contributed by atoms with Crippen LogP contribution < -0.4 is 11.1 Å². The third-order valence-corrected chi connectivity index (χ3v) is 3.88. The Labute approximate surface area is 90.2 Å². The number of carbonyl (C=O) groups is 1. The van der Waals surface area contributed by atoms with Gasteiger partial charge in [0.05, 0.1) is 0 Å². The van der Waals surface area contributed by atoms with E-state index in [1.54, 1.807) is 0 Å². The lowest BCUT2D eigenvalue weighted by molar-refractivity contribution is -0.121. The zero-order chi connectivity index (χ0) is 10.4. The smallest absolute Gasteiger partial charge is 0.221 e. The molecule has 4 heteroatoms. The Bertz CT molecular complexity index is 187. The minimum atomic E-state index is 0.112. The van der Waals surface area contributed by atoms with E-state index < -0.39 is 0 Å². The Morgan fingerprint density at radius 1 is 1.57 bits per heavy atom. The van der Waals surface area contributed by atoms with Crippen LogP contribution in [0, 0.1) is 0 Å². The molecule has 2 atom stereocenters. The first-order valence-corrected chi connectivity index (χ1v) is 6.43. The molecule has 0 aliphatic heterocycles. The normalized spacial score (nSPS) is 26.4. The van der Waals surface area contributed by atoms with E-state index in [2.05, 4.69) is 12.2 Å². The summed E-state index contributed by atoms with van der Waals surface area (Å²) in [7, 11) is 0. The van der Waals surface area contributed by atoms with Crippen molar-refractivity contribution in [2.24, 2.45) is 5.73 Å². The summed E-state index contributed by atoms with van der Waals surface area (Å²) in [6.07, 6.45) is 4.07. The Hall–Kier alpha value is -0.220. The van der Waals surface area contributed by atoms with Gasteiger partial charge < -0.3 is 11.1 Å². The summed E-state index contributed by atoms with van der Waals surface area (Å²) in [5.74, 6) is 1.24. The van der Waals surface area contributed by atoms with Crippen molar-refractivity contribution in [1.29, 1.82) is 0 Å². The molecule has 1 fully saturated rings. The summed E-state index contributed by atoms with van der Waals surface area (Å²) in [5.41, 5.74) is 5.33. The molecule has 0 heterocycles. The van der Waals surface area contributed by atoms with Crippen LogP contribution in [-0.2, 0) is 4.79 Å². The third-order valence-electron chi connectivity index (χ3n) is 2.55. The maximum atomic E-state index is 11.3. The molecule has 1 aliphatic carbocycles. The Morgan fingerprint density at radius 2 is 2.36 bits per heavy atom. The van der Waals surface area contributed by atoms with E-state index in [9.17, 15) is 4.79 Å². The van der Waals surface area contributed by atoms with Crippen molar-refractivity contribution in [3.05, 3.63) is 0 Å². The number of hydrogen-bond donors (Lipinski definition) is 2. The molecule has 82 valence electrons. The van der Waals surface area contributed by atoms with Gasteiger partial charge in [0.15, 0.2) is 0 Å². The van der Waals surface area contributed by atoms with Gasteiger partial charge in [0, 0.05) is 24.3 Å². The lowest BCUT2D eigenvalue weighted by atomic mass is 10.2. The maximum Gasteiger partial charge on any atom is 0.221 e. The standard InChI is InChI=1S/C10H20N2OS/c1-2-14-9-5-3-4-8(9)12-10(13)6-7-11/h8-9H,2-7,11H2,1H3,(H,12,13). The molecule has 0 radical (unpaired) electrons. The molecule has 3 N–H and O–H groups in total. The van der Waals surface area contributed by atoms with Crippen molar-refractivity contribution in [1.82, 2.24) is 5.32 Å². The predicted octanol–water partition coefficient (Wildman–Crippen LogP) is 1.13. The van der Waals surface area contributed by atoms with Crippen molar-refractivity contribution in [2.45, 2.75) is 43.9 Å². The summed E-state index contributed by atoms with van der Waals surface area (Å²) in [4.78, 5) is 11.3. The lowest BCUT2D eigenvalue weighted by Crippen LogP contribution is -2.39. The molecule has 0 saturated heterocycles. The van der Waals surface area contributed by atoms with Gasteiger partial charge in [-0.2, -0.15) is 11.8 Å². The number of thioether (sulfide) groups is 1. The van der Waals surface area contributed by atoms with Crippen LogP contribution in [0.4, 0.5) is 0 Å². The highest BCUT2D eigenvalue weighted by atomic mass is 32.2. The highest BCUT2D eigenvalue weighted by Gasteiger charge is 2.27. The van der Waals surface area contributed by atoms with Crippen LogP contribution >= 0.6 is 11.8 Å². The summed E-state index contributed by atoms with van der Waals surface area (Å²) < 4.78 is 0. The number of nitrogens with one attached hydrogen (secondary N) is 1. The second kappa shape index (κ2) is 6.30. The average Bonchev–Trinajstić information content (AvgIpc) is 2.54. The quantitative estimate of drug-likeness (QED) is 0.724. The van der Waals surface area contributed by atoms with E-state index in [1.807, 2.05) is 11.8 Å². The molecular formula is C10H20N2OS. The van der Waals surface area contributed by atoms with Gasteiger partial charge in [0.1, 0.15) is 0 Å². The molecule has 3 nitrogen and oxygen atoms in total. The molecule has 0 bridgehead atoms. The minimum absolute atomic E-state index is 0.112. The summed E-state index contributed by atoms with van der Waals surface area (Å²) in [6.45, 7) is 2.62. The van der Waals surface area contributed by atoms with Crippen molar-refractivity contribution in [3.8, 4) is 0 Å². The monoisotopic (exact) mass is 216 g/mol. The number of hydrogen-bond acceptors (Lipinski definition) is 3. The van der Waals surface area contributed by atoms with Crippen molar-refractivity contribution >= 4 is 17.7 Å².